The highest BCUT2D eigenvalue weighted by Crippen LogP contribution is 2.19. The maximum Gasteiger partial charge on any atom is 0.408 e. The highest BCUT2D eigenvalue weighted by atomic mass is 19.1. The molecule has 0 saturated carbocycles. The highest BCUT2D eigenvalue weighted by molar-refractivity contribution is 5.86. The van der Waals surface area contributed by atoms with Crippen LogP contribution in [0, 0.1) is 15.9 Å². The third-order valence-corrected chi connectivity index (χ3v) is 4.45. The van der Waals surface area contributed by atoms with Crippen LogP contribution >= 0.6 is 0 Å². The molecule has 0 spiro atoms. The summed E-state index contributed by atoms with van der Waals surface area (Å²) < 4.78 is 19.2. The Hall–Kier alpha value is -2.75. The molecular weight excluding hydrogens is 383 g/mol. The van der Waals surface area contributed by atoms with Crippen LogP contribution < -0.4 is 5.32 Å². The summed E-state index contributed by atoms with van der Waals surface area (Å²) in [5.41, 5.74) is -1.03. The molecule has 1 fully saturated rings. The molecule has 1 N–H and O–H groups in total. The number of nitro benzene ring substituents is 1. The molecular formula is C19H27FN4O5. The number of benzene rings is 1. The predicted octanol–water partition coefficient (Wildman–Crippen LogP) is 1.94. The van der Waals surface area contributed by atoms with Crippen molar-refractivity contribution in [2.24, 2.45) is 0 Å². The van der Waals surface area contributed by atoms with Gasteiger partial charge in [-0.3, -0.25) is 14.9 Å². The lowest BCUT2D eigenvalue weighted by Gasteiger charge is -2.35. The van der Waals surface area contributed by atoms with Crippen molar-refractivity contribution in [2.75, 3.05) is 33.2 Å². The smallest absolute Gasteiger partial charge is 0.408 e. The third kappa shape index (κ3) is 6.67. The fraction of sp³-hybridized carbons (Fsp3) is 0.579. The Morgan fingerprint density at radius 2 is 1.90 bits per heavy atom. The van der Waals surface area contributed by atoms with Crippen LogP contribution in [0.4, 0.5) is 14.9 Å². The Balaban J connectivity index is 2.19. The first kappa shape index (κ1) is 22.5. The van der Waals surface area contributed by atoms with Crippen molar-refractivity contribution in [3.8, 4) is 0 Å². The van der Waals surface area contributed by atoms with E-state index in [1.807, 2.05) is 7.05 Å². The lowest BCUT2D eigenvalue weighted by atomic mass is 10.0. The van der Waals surface area contributed by atoms with E-state index in [2.05, 4.69) is 10.2 Å². The number of hydrogen-bond acceptors (Lipinski definition) is 6. The number of rotatable bonds is 5. The van der Waals surface area contributed by atoms with Crippen LogP contribution in [0.15, 0.2) is 18.2 Å². The summed E-state index contributed by atoms with van der Waals surface area (Å²) in [6, 6.07) is 2.46. The number of hydrogen-bond donors (Lipinski definition) is 1. The lowest BCUT2D eigenvalue weighted by Crippen LogP contribution is -2.55. The molecule has 2 amide bonds. The Morgan fingerprint density at radius 3 is 2.41 bits per heavy atom. The van der Waals surface area contributed by atoms with Crippen LogP contribution in [-0.2, 0) is 16.0 Å². The number of carbonyl (C=O) groups is 2. The minimum absolute atomic E-state index is 0.0146. The number of likely N-dealkylation sites (N-methyl/N-ethyl adjacent to an activating group) is 1. The number of ether oxygens (including phenoxy) is 1. The summed E-state index contributed by atoms with van der Waals surface area (Å²) >= 11 is 0. The fourth-order valence-corrected chi connectivity index (χ4v) is 2.96. The standard InChI is InChI=1S/C19H27FN4O5/c1-19(2,3)29-18(26)21-15(17(25)23-9-7-22(4)8-10-23)12-13-5-6-16(24(27)28)14(20)11-13/h5-6,11,15H,7-10,12H2,1-4H3,(H,21,26). The number of piperazine rings is 1. The molecule has 1 aromatic rings. The molecule has 1 saturated heterocycles. The minimum atomic E-state index is -0.990. The Morgan fingerprint density at radius 1 is 1.28 bits per heavy atom. The second kappa shape index (κ2) is 9.17. The van der Waals surface area contributed by atoms with E-state index in [4.69, 9.17) is 4.74 Å². The van der Waals surface area contributed by atoms with Crippen LogP contribution in [0.3, 0.4) is 0 Å². The zero-order valence-corrected chi connectivity index (χ0v) is 17.1. The summed E-state index contributed by atoms with van der Waals surface area (Å²) in [5.74, 6) is -1.29. The molecule has 10 heteroatoms. The van der Waals surface area contributed by atoms with Gasteiger partial charge in [0.1, 0.15) is 11.6 Å². The Bertz CT molecular complexity index is 772. The molecule has 1 aliphatic rings. The van der Waals surface area contributed by atoms with E-state index in [0.29, 0.717) is 31.7 Å². The molecule has 0 aliphatic carbocycles. The van der Waals surface area contributed by atoms with Crippen LogP contribution in [0.2, 0.25) is 0 Å². The van der Waals surface area contributed by atoms with E-state index < -0.39 is 34.2 Å². The van der Waals surface area contributed by atoms with E-state index in [1.54, 1.807) is 25.7 Å². The van der Waals surface area contributed by atoms with Gasteiger partial charge in [0.05, 0.1) is 4.92 Å². The summed E-state index contributed by atoms with van der Waals surface area (Å²) in [5, 5.41) is 13.4. The van der Waals surface area contributed by atoms with Gasteiger partial charge in [0.25, 0.3) is 0 Å². The molecule has 1 atom stereocenters. The van der Waals surface area contributed by atoms with Crippen molar-refractivity contribution in [1.29, 1.82) is 0 Å². The molecule has 9 nitrogen and oxygen atoms in total. The van der Waals surface area contributed by atoms with Crippen molar-refractivity contribution in [2.45, 2.75) is 38.8 Å². The highest BCUT2D eigenvalue weighted by Gasteiger charge is 2.30. The number of nitrogens with zero attached hydrogens (tertiary/aromatic N) is 3. The molecule has 1 aliphatic heterocycles. The summed E-state index contributed by atoms with van der Waals surface area (Å²) in [4.78, 5) is 39.0. The van der Waals surface area contributed by atoms with Crippen LogP contribution in [0.1, 0.15) is 26.3 Å². The second-order valence-corrected chi connectivity index (χ2v) is 8.07. The number of carbonyl (C=O) groups excluding carboxylic acids is 2. The molecule has 0 bridgehead atoms. The van der Waals surface area contributed by atoms with Gasteiger partial charge in [-0.05, 0) is 39.4 Å². The van der Waals surface area contributed by atoms with Gasteiger partial charge in [-0.1, -0.05) is 6.07 Å². The van der Waals surface area contributed by atoms with E-state index in [-0.39, 0.29) is 12.3 Å². The average Bonchev–Trinajstić information content (AvgIpc) is 2.59. The molecule has 0 radical (unpaired) electrons. The third-order valence-electron chi connectivity index (χ3n) is 4.45. The number of halogens is 1. The van der Waals surface area contributed by atoms with Crippen LogP contribution in [0.25, 0.3) is 0 Å². The molecule has 1 aromatic carbocycles. The first-order valence-corrected chi connectivity index (χ1v) is 9.36. The topological polar surface area (TPSA) is 105 Å². The van der Waals surface area contributed by atoms with Gasteiger partial charge in [-0.15, -0.1) is 0 Å². The maximum absolute atomic E-state index is 14.0. The van der Waals surface area contributed by atoms with E-state index in [0.717, 1.165) is 12.1 Å². The summed E-state index contributed by atoms with van der Waals surface area (Å²) in [6.07, 6.45) is -0.772. The molecule has 0 aromatic heterocycles. The molecule has 1 unspecified atom stereocenters. The maximum atomic E-state index is 14.0. The Labute approximate surface area is 168 Å². The quantitative estimate of drug-likeness (QED) is 0.588. The van der Waals surface area contributed by atoms with Crippen molar-refractivity contribution in [3.05, 3.63) is 39.7 Å². The van der Waals surface area contributed by atoms with Crippen LogP contribution in [-0.4, -0.2) is 71.6 Å². The van der Waals surface area contributed by atoms with Gasteiger partial charge in [0.15, 0.2) is 0 Å². The number of alkyl carbamates (subject to hydrolysis) is 1. The largest absolute Gasteiger partial charge is 0.444 e. The molecule has 160 valence electrons. The minimum Gasteiger partial charge on any atom is -0.444 e. The van der Waals surface area contributed by atoms with Gasteiger partial charge in [0, 0.05) is 38.7 Å². The molecule has 2 rings (SSSR count). The normalized spacial score (nSPS) is 16.2. The van der Waals surface area contributed by atoms with Gasteiger partial charge in [0.2, 0.25) is 11.7 Å². The van der Waals surface area contributed by atoms with Gasteiger partial charge in [-0.25, -0.2) is 4.79 Å². The zero-order valence-electron chi connectivity index (χ0n) is 17.1. The summed E-state index contributed by atoms with van der Waals surface area (Å²) in [7, 11) is 1.96. The monoisotopic (exact) mass is 410 g/mol. The van der Waals surface area contributed by atoms with Gasteiger partial charge < -0.3 is 19.9 Å². The first-order valence-electron chi connectivity index (χ1n) is 9.36. The van der Waals surface area contributed by atoms with E-state index >= 15 is 0 Å². The molecule has 1 heterocycles. The number of amides is 2. The first-order chi connectivity index (χ1) is 13.5. The average molecular weight is 410 g/mol. The van der Waals surface area contributed by atoms with Gasteiger partial charge in [-0.2, -0.15) is 4.39 Å². The number of nitro groups is 1. The van der Waals surface area contributed by atoms with E-state index in [9.17, 15) is 24.1 Å². The van der Waals surface area contributed by atoms with Gasteiger partial charge >= 0.3 is 11.8 Å². The van der Waals surface area contributed by atoms with Crippen LogP contribution in [0.5, 0.6) is 0 Å². The zero-order chi connectivity index (χ0) is 21.8. The SMILES string of the molecule is CN1CCN(C(=O)C(Cc2ccc([N+](=O)[O-])c(F)c2)NC(=O)OC(C)(C)C)CC1. The van der Waals surface area contributed by atoms with Crippen molar-refractivity contribution in [1.82, 2.24) is 15.1 Å². The lowest BCUT2D eigenvalue weighted by molar-refractivity contribution is -0.387. The predicted molar refractivity (Wildman–Crippen MR) is 104 cm³/mol. The summed E-state index contributed by atoms with van der Waals surface area (Å²) in [6.45, 7) is 7.54. The fourth-order valence-electron chi connectivity index (χ4n) is 2.96. The van der Waals surface area contributed by atoms with Crippen molar-refractivity contribution >= 4 is 17.7 Å². The second-order valence-electron chi connectivity index (χ2n) is 8.07. The number of nitrogens with one attached hydrogen (secondary N) is 1. The van der Waals surface area contributed by atoms with E-state index in [1.165, 1.54) is 6.07 Å². The van der Waals surface area contributed by atoms with Crippen molar-refractivity contribution in [3.63, 3.8) is 0 Å². The molecule has 29 heavy (non-hydrogen) atoms. The van der Waals surface area contributed by atoms with Crippen molar-refractivity contribution < 1.29 is 23.6 Å². The Kier molecular flexibility index (Phi) is 7.12.